The van der Waals surface area contributed by atoms with Crippen molar-refractivity contribution in [3.63, 3.8) is 0 Å². The molecule has 0 amide bonds. The number of ketones is 1. The van der Waals surface area contributed by atoms with Gasteiger partial charge in [-0.3, -0.25) is 33.6 Å². The van der Waals surface area contributed by atoms with Gasteiger partial charge in [-0.25, -0.2) is 0 Å². The maximum Gasteiger partial charge on any atom is 0.313 e. The number of Topliss-reactive ketones (excluding diaryl/α,β-unsaturated/α-hetero) is 1. The molecule has 2 aromatic heterocycles. The summed E-state index contributed by atoms with van der Waals surface area (Å²) in [5, 5.41) is 46.0. The van der Waals surface area contributed by atoms with E-state index in [1.807, 2.05) is 56.3 Å². The quantitative estimate of drug-likeness (QED) is 0.0244. The molecule has 4 aliphatic heterocycles. The number of anilines is 8. The van der Waals surface area contributed by atoms with E-state index in [9.17, 15) is 24.5 Å². The average Bonchev–Trinajstić information content (AvgIpc) is 1.58. The van der Waals surface area contributed by atoms with E-state index in [4.69, 9.17) is 39.0 Å². The van der Waals surface area contributed by atoms with Gasteiger partial charge in [0.05, 0.1) is 64.1 Å². The van der Waals surface area contributed by atoms with E-state index in [0.717, 1.165) is 184 Å². The number of nitro benzene ring substituents is 1. The molecule has 6 saturated carbocycles. The minimum atomic E-state index is -0.523. The number of nitrogens with zero attached hydrogens (tertiary/aromatic N) is 8. The topological polar surface area (TPSA) is 264 Å². The van der Waals surface area contributed by atoms with Crippen LogP contribution in [0.3, 0.4) is 0 Å². The van der Waals surface area contributed by atoms with E-state index in [0.29, 0.717) is 42.1 Å². The van der Waals surface area contributed by atoms with Crippen LogP contribution in [0.4, 0.5) is 51.2 Å². The van der Waals surface area contributed by atoms with Crippen molar-refractivity contribution in [2.75, 3.05) is 90.7 Å². The van der Waals surface area contributed by atoms with Gasteiger partial charge in [-0.15, -0.1) is 20.4 Å². The van der Waals surface area contributed by atoms with Crippen LogP contribution in [-0.2, 0) is 47.5 Å². The van der Waals surface area contributed by atoms with Crippen molar-refractivity contribution in [2.45, 2.75) is 115 Å². The summed E-state index contributed by atoms with van der Waals surface area (Å²) >= 11 is 32.4. The molecule has 29 heteroatoms. The number of fused-ring (bicyclic) bond motifs is 10. The summed E-state index contributed by atoms with van der Waals surface area (Å²) in [5.41, 5.74) is 18.0. The molecule has 0 saturated heterocycles. The second-order valence-electron chi connectivity index (χ2n) is 30.1. The first kappa shape index (κ1) is 78.4. The van der Waals surface area contributed by atoms with Gasteiger partial charge in [0, 0.05) is 134 Å². The number of aryl methyl sites for hydroxylation is 2. The van der Waals surface area contributed by atoms with Crippen LogP contribution in [0.2, 0.25) is 5.02 Å². The smallest absolute Gasteiger partial charge is 0.313 e. The zero-order chi connectivity index (χ0) is 77.0. The molecule has 7 N–H and O–H groups in total. The number of hydrogen-bond donors (Lipinski definition) is 6. The first-order valence-electron chi connectivity index (χ1n) is 36.2. The average molecular weight is 1900 g/mol. The molecule has 19 rings (SSSR count). The van der Waals surface area contributed by atoms with Gasteiger partial charge in [0.1, 0.15) is 34.8 Å². The molecule has 6 aliphatic carbocycles. The number of nitro groups is 1. The van der Waals surface area contributed by atoms with Crippen LogP contribution in [-0.4, -0.2) is 111 Å². The van der Waals surface area contributed by atoms with Crippen molar-refractivity contribution in [1.82, 2.24) is 29.5 Å². The van der Waals surface area contributed by atoms with Crippen molar-refractivity contribution in [3.05, 3.63) is 210 Å². The lowest BCUT2D eigenvalue weighted by Crippen LogP contribution is -2.28. The summed E-state index contributed by atoms with van der Waals surface area (Å²) < 4.78 is 20.0. The maximum absolute atomic E-state index is 12.0. The number of halogens is 7. The molecule has 109 heavy (non-hydrogen) atoms. The third-order valence-corrected chi connectivity index (χ3v) is 26.3. The molecule has 0 radical (unpaired) electrons. The fourth-order valence-electron chi connectivity index (χ4n) is 14.5. The molecular formula is C80H81Br6ClN14O7S. The summed E-state index contributed by atoms with van der Waals surface area (Å²) in [6.07, 6.45) is 14.2. The lowest BCUT2D eigenvalue weighted by atomic mass is 9.97. The number of methoxy groups -OCH3 is 2. The number of thiocarbonyl (C=S) groups is 1. The number of aromatic nitrogens is 6. The number of nitrogen functional groups attached to an aromatic ring is 1. The number of hydrogen-bond acceptors (Lipinski definition) is 19. The predicted molar refractivity (Wildman–Crippen MR) is 454 cm³/mol. The molecule has 21 nitrogen and oxygen atoms in total. The Kier molecular flexibility index (Phi) is 22.8. The van der Waals surface area contributed by atoms with Crippen LogP contribution in [0.1, 0.15) is 111 Å². The zero-order valence-corrected chi connectivity index (χ0v) is 71.5. The third kappa shape index (κ3) is 17.1. The molecule has 7 aromatic carbocycles. The number of esters is 2. The van der Waals surface area contributed by atoms with Gasteiger partial charge in [0.2, 0.25) is 0 Å². The number of carbonyl (C=O) groups excluding carboxylic acids is 3. The van der Waals surface area contributed by atoms with Gasteiger partial charge < -0.3 is 46.7 Å². The lowest BCUT2D eigenvalue weighted by molar-refractivity contribution is -0.384. The van der Waals surface area contributed by atoms with Crippen molar-refractivity contribution >= 4 is 193 Å². The van der Waals surface area contributed by atoms with E-state index < -0.39 is 10.3 Å². The van der Waals surface area contributed by atoms with Gasteiger partial charge in [0.25, 0.3) is 5.69 Å². The van der Waals surface area contributed by atoms with Crippen LogP contribution in [0.25, 0.3) is 11.4 Å². The molecular weight excluding hydrogens is 1820 g/mol. The van der Waals surface area contributed by atoms with Gasteiger partial charge >= 0.3 is 11.9 Å². The Morgan fingerprint density at radius 2 is 0.982 bits per heavy atom. The second kappa shape index (κ2) is 31.7. The molecule has 10 aliphatic rings. The number of carbonyl (C=O) groups is 3. The second-order valence-corrected chi connectivity index (χ2v) is 36.5. The van der Waals surface area contributed by atoms with Crippen molar-refractivity contribution in [1.29, 1.82) is 0 Å². The van der Waals surface area contributed by atoms with E-state index >= 15 is 0 Å². The minimum Gasteiger partial charge on any atom is -0.469 e. The van der Waals surface area contributed by atoms with Gasteiger partial charge in [-0.05, 0) is 217 Å². The highest BCUT2D eigenvalue weighted by molar-refractivity contribution is 9.11. The van der Waals surface area contributed by atoms with E-state index in [-0.39, 0.29) is 39.3 Å². The van der Waals surface area contributed by atoms with Crippen molar-refractivity contribution in [2.24, 2.45) is 21.7 Å². The normalized spacial score (nSPS) is 18.3. The van der Waals surface area contributed by atoms with Gasteiger partial charge in [-0.1, -0.05) is 132 Å². The van der Waals surface area contributed by atoms with E-state index in [2.05, 4.69) is 229 Å². The summed E-state index contributed by atoms with van der Waals surface area (Å²) in [6.45, 7) is 8.65. The van der Waals surface area contributed by atoms with Crippen LogP contribution in [0, 0.1) is 45.6 Å². The van der Waals surface area contributed by atoms with Gasteiger partial charge in [-0.2, -0.15) is 0 Å². The first-order chi connectivity index (χ1) is 52.2. The van der Waals surface area contributed by atoms with Crippen molar-refractivity contribution in [3.8, 4) is 11.4 Å². The summed E-state index contributed by atoms with van der Waals surface area (Å²) in [6, 6.07) is 43.5. The lowest BCUT2D eigenvalue weighted by Gasteiger charge is -2.27. The van der Waals surface area contributed by atoms with E-state index in [1.165, 1.54) is 62.1 Å². The first-order valence-corrected chi connectivity index (χ1v) is 41.7. The van der Waals surface area contributed by atoms with Crippen LogP contribution >= 0.6 is 119 Å². The van der Waals surface area contributed by atoms with Crippen molar-refractivity contribution < 1.29 is 28.8 Å². The molecule has 9 aromatic rings. The largest absolute Gasteiger partial charge is 0.469 e. The highest BCUT2D eigenvalue weighted by Crippen LogP contribution is 2.56. The third-order valence-electron chi connectivity index (χ3n) is 22.5. The summed E-state index contributed by atoms with van der Waals surface area (Å²) in [7, 11) is 2.78. The highest BCUT2D eigenvalue weighted by Gasteiger charge is 2.55. The number of nitrogens with one attached hydrogen (secondary N) is 5. The van der Waals surface area contributed by atoms with Crippen LogP contribution in [0.5, 0.6) is 0 Å². The molecule has 4 spiro atoms. The number of benzene rings is 7. The molecule has 0 atom stereocenters. The molecule has 568 valence electrons. The Bertz CT molecular complexity index is 4970. The molecule has 0 unspecified atom stereocenters. The predicted octanol–water partition coefficient (Wildman–Crippen LogP) is 19.4. The van der Waals surface area contributed by atoms with Gasteiger partial charge in [0.15, 0.2) is 0 Å². The van der Waals surface area contributed by atoms with E-state index in [1.54, 1.807) is 12.1 Å². The molecule has 6 heterocycles. The Morgan fingerprint density at radius 3 is 1.52 bits per heavy atom. The monoisotopic (exact) mass is 1890 g/mol. The SMILES string of the molecule is COC(=O)C1(CNc2cc(Br)ccc2N)CC1.COC(=O)C1(CNc2cc(Br)ccc2[N+](=O)[O-])CC1.Cc1nnc2n1-c1ccc(Br)cc1N(c1ccc(Cl)cc1)CC21CC1.Cc1nnc2n1-c1ccc(Br)cc1NCC21CC1.O=C1Cc2ccc(Br)cc2NCC12CC2.S=C1Cc2ccc(Br)cc2NCC12CC2. The maximum atomic E-state index is 12.0. The number of ether oxygens (including phenoxy) is 2. The standard InChI is InChI=1S/C19H16BrClN4.C13H13BrN4.C12H13BrN2O4.C12H15BrN2O2.C12H12BrNO.C12H12BrNS/c1-12-22-23-18-19(8-9-19)11-24(15-5-3-14(21)4-6-15)17-10-13(20)2-7-16(17)25(12)18;1-8-16-17-12-13(4-5-13)7-15-10-6-9(14)2-3-11(10)18(8)12;1-19-11(16)12(4-5-12)7-14-9-6-8(13)2-3-10(9)15(17)18;1-17-11(16)12(4-5-12)7-15-10-6-8(13)2-3-9(10)14;2*13-9-2-1-8-5-11(15)12(3-4-12)7-14-10(8)6-9/h2-7,10H,8-9,11H2,1H3;2-3,6,15H,4-5,7H2,1H3;2-3,6,14H,4-5,7H2,1H3;2-3,6,15H,4-5,7,14H2,1H3;2*1-2,6,14H,3-5,7H2. The molecule has 0 bridgehead atoms. The Morgan fingerprint density at radius 1 is 0.541 bits per heavy atom. The number of nitrogens with two attached hydrogens (primary N) is 1. The molecule has 6 fully saturated rings. The highest BCUT2D eigenvalue weighted by atomic mass is 79.9. The fraction of sp³-hybridized carbons (Fsp3) is 0.375. The summed E-state index contributed by atoms with van der Waals surface area (Å²) in [4.78, 5) is 49.3. The zero-order valence-electron chi connectivity index (χ0n) is 60.4. The number of rotatable bonds is 10. The Labute approximate surface area is 693 Å². The van der Waals surface area contributed by atoms with Crippen LogP contribution < -0.4 is 37.2 Å². The Balaban J connectivity index is 0.000000110. The van der Waals surface area contributed by atoms with Crippen LogP contribution in [0.15, 0.2) is 160 Å². The fourth-order valence-corrected chi connectivity index (χ4v) is 17.2. The Hall–Kier alpha value is -7.31. The summed E-state index contributed by atoms with van der Waals surface area (Å²) in [5.74, 6) is 4.11. The minimum absolute atomic E-state index is 0.0103.